The quantitative estimate of drug-likeness (QED) is 0.100. The van der Waals surface area contributed by atoms with Crippen LogP contribution in [0.2, 0.25) is 0 Å². The van der Waals surface area contributed by atoms with Gasteiger partial charge in [0.1, 0.15) is 18.2 Å². The number of anilines is 1. The number of fused-ring (bicyclic) bond motifs is 1. The summed E-state index contributed by atoms with van der Waals surface area (Å²) in [6, 6.07) is 0. The molecule has 2 atom stereocenters. The standard InChI is InChI=1S/C26H48N5O4PS2/c1-23(19-31-21-30-24-25(27)28-20-29-26(24)31)34-22-36(32,33)35-15-14-18-38-17-13-11-9-7-5-3-4-6-8-10-12-16-37-2/h20-21,23H,3-19,22H2,1-2H3,(H,32,33)(H2,27,28,29)/t23-/m1/s1. The van der Waals surface area contributed by atoms with Gasteiger partial charge in [0, 0.05) is 0 Å². The van der Waals surface area contributed by atoms with Crippen molar-refractivity contribution in [3.05, 3.63) is 12.7 Å². The third-order valence-corrected chi connectivity index (χ3v) is 9.18. The Kier molecular flexibility index (Phi) is 17.6. The first-order valence-corrected chi connectivity index (χ1v) is 18.3. The van der Waals surface area contributed by atoms with Crippen molar-refractivity contribution >= 4 is 48.1 Å². The van der Waals surface area contributed by atoms with E-state index in [1.807, 2.05) is 30.4 Å². The van der Waals surface area contributed by atoms with Gasteiger partial charge in [0.25, 0.3) is 0 Å². The third kappa shape index (κ3) is 14.5. The maximum atomic E-state index is 12.3. The van der Waals surface area contributed by atoms with Crippen LogP contribution in [0.1, 0.15) is 84.0 Å². The van der Waals surface area contributed by atoms with Gasteiger partial charge in [0.2, 0.25) is 0 Å². The van der Waals surface area contributed by atoms with E-state index in [9.17, 15) is 9.46 Å². The van der Waals surface area contributed by atoms with Gasteiger partial charge >= 0.3 is 7.60 Å². The molecule has 0 aromatic carbocycles. The highest BCUT2D eigenvalue weighted by atomic mass is 32.2. The first-order chi connectivity index (χ1) is 18.4. The number of ether oxygens (including phenoxy) is 1. The number of rotatable bonds is 24. The molecule has 2 heterocycles. The lowest BCUT2D eigenvalue weighted by Crippen LogP contribution is -2.17. The second-order valence-electron chi connectivity index (χ2n) is 9.75. The minimum absolute atomic E-state index is 0.262. The Balaban J connectivity index is 1.40. The molecule has 9 nitrogen and oxygen atoms in total. The Bertz CT molecular complexity index is 936. The molecule has 2 aromatic rings. The number of thioether (sulfide) groups is 2. The minimum atomic E-state index is -3.79. The number of nitrogens with zero attached hydrogens (tertiary/aromatic N) is 4. The van der Waals surface area contributed by atoms with Gasteiger partial charge in [0.15, 0.2) is 11.5 Å². The molecule has 1 unspecified atom stereocenters. The van der Waals surface area contributed by atoms with Gasteiger partial charge in [-0.05, 0) is 49.7 Å². The van der Waals surface area contributed by atoms with Crippen molar-refractivity contribution in [2.24, 2.45) is 0 Å². The summed E-state index contributed by atoms with van der Waals surface area (Å²) in [6.07, 6.45) is 20.3. The second kappa shape index (κ2) is 20.1. The first-order valence-electron chi connectivity index (χ1n) is 14.0. The van der Waals surface area contributed by atoms with E-state index in [2.05, 4.69) is 21.2 Å². The molecule has 0 saturated heterocycles. The number of aromatic nitrogens is 4. The predicted molar refractivity (Wildman–Crippen MR) is 162 cm³/mol. The maximum Gasteiger partial charge on any atom is 0.353 e. The van der Waals surface area contributed by atoms with Crippen LogP contribution in [0, 0.1) is 0 Å². The van der Waals surface area contributed by atoms with Crippen molar-refractivity contribution in [3.63, 3.8) is 0 Å². The molecule has 218 valence electrons. The summed E-state index contributed by atoms with van der Waals surface area (Å²) in [4.78, 5) is 22.4. The zero-order valence-corrected chi connectivity index (χ0v) is 25.8. The van der Waals surface area contributed by atoms with E-state index in [1.54, 1.807) is 10.9 Å². The molecule has 2 aromatic heterocycles. The molecule has 0 spiro atoms. The molecular weight excluding hydrogens is 541 g/mol. The van der Waals surface area contributed by atoms with Gasteiger partial charge in [-0.25, -0.2) is 15.0 Å². The van der Waals surface area contributed by atoms with Gasteiger partial charge in [-0.1, -0.05) is 57.8 Å². The predicted octanol–water partition coefficient (Wildman–Crippen LogP) is 6.75. The fourth-order valence-corrected chi connectivity index (χ4v) is 6.49. The number of imidazole rings is 1. The summed E-state index contributed by atoms with van der Waals surface area (Å²) < 4.78 is 24.9. The summed E-state index contributed by atoms with van der Waals surface area (Å²) in [5, 5.41) is 0. The summed E-state index contributed by atoms with van der Waals surface area (Å²) >= 11 is 3.85. The topological polar surface area (TPSA) is 125 Å². The van der Waals surface area contributed by atoms with E-state index in [0.717, 1.165) is 17.9 Å². The van der Waals surface area contributed by atoms with Gasteiger partial charge in [-0.2, -0.15) is 23.5 Å². The number of nitrogen functional groups attached to an aromatic ring is 1. The summed E-state index contributed by atoms with van der Waals surface area (Å²) in [7, 11) is -3.79. The average Bonchev–Trinajstić information content (AvgIpc) is 3.30. The number of hydrogen-bond donors (Lipinski definition) is 2. The molecule has 0 aliphatic rings. The Morgan fingerprint density at radius 1 is 0.947 bits per heavy atom. The maximum absolute atomic E-state index is 12.3. The molecule has 12 heteroatoms. The van der Waals surface area contributed by atoms with E-state index in [4.69, 9.17) is 15.0 Å². The van der Waals surface area contributed by atoms with Crippen molar-refractivity contribution < 1.29 is 18.7 Å². The lowest BCUT2D eigenvalue weighted by molar-refractivity contribution is 0.0718. The molecule has 38 heavy (non-hydrogen) atoms. The fraction of sp³-hybridized carbons (Fsp3) is 0.808. The molecule has 0 fully saturated rings. The molecule has 0 saturated carbocycles. The van der Waals surface area contributed by atoms with Crippen molar-refractivity contribution in [3.8, 4) is 0 Å². The highest BCUT2D eigenvalue weighted by molar-refractivity contribution is 7.99. The summed E-state index contributed by atoms with van der Waals surface area (Å²) in [5.74, 6) is 3.71. The van der Waals surface area contributed by atoms with Gasteiger partial charge in [-0.3, -0.25) is 4.57 Å². The molecule has 3 N–H and O–H groups in total. The van der Waals surface area contributed by atoms with Crippen LogP contribution in [0.15, 0.2) is 12.7 Å². The summed E-state index contributed by atoms with van der Waals surface area (Å²) in [6.45, 7) is 2.50. The first kappa shape index (κ1) is 33.4. The molecule has 0 aliphatic heterocycles. The van der Waals surface area contributed by atoms with E-state index < -0.39 is 7.60 Å². The largest absolute Gasteiger partial charge is 0.382 e. The smallest absolute Gasteiger partial charge is 0.353 e. The molecule has 0 aliphatic carbocycles. The van der Waals surface area contributed by atoms with Crippen LogP contribution < -0.4 is 5.73 Å². The number of hydrogen-bond acceptors (Lipinski definition) is 9. The van der Waals surface area contributed by atoms with Crippen LogP contribution in [0.5, 0.6) is 0 Å². The molecule has 0 radical (unpaired) electrons. The Hall–Kier alpha value is -0.840. The van der Waals surface area contributed by atoms with Crippen molar-refractivity contribution in [1.82, 2.24) is 19.5 Å². The van der Waals surface area contributed by atoms with Crippen molar-refractivity contribution in [2.45, 2.75) is 96.6 Å². The van der Waals surface area contributed by atoms with E-state index >= 15 is 0 Å². The van der Waals surface area contributed by atoms with Gasteiger partial charge in [-0.15, -0.1) is 0 Å². The Labute approximate surface area is 237 Å². The van der Waals surface area contributed by atoms with Crippen LogP contribution in [0.3, 0.4) is 0 Å². The van der Waals surface area contributed by atoms with Crippen LogP contribution in [-0.2, 0) is 20.4 Å². The summed E-state index contributed by atoms with van der Waals surface area (Å²) in [5.41, 5.74) is 6.94. The zero-order valence-electron chi connectivity index (χ0n) is 23.3. The lowest BCUT2D eigenvalue weighted by Gasteiger charge is -2.17. The lowest BCUT2D eigenvalue weighted by atomic mass is 10.1. The molecule has 0 bridgehead atoms. The van der Waals surface area contributed by atoms with Crippen LogP contribution in [0.4, 0.5) is 5.82 Å². The normalized spacial score (nSPS) is 14.2. The number of nitrogens with two attached hydrogens (primary N) is 1. The van der Waals surface area contributed by atoms with E-state index in [1.165, 1.54) is 82.7 Å². The van der Waals surface area contributed by atoms with Crippen molar-refractivity contribution in [2.75, 3.05) is 42.2 Å². The highest BCUT2D eigenvalue weighted by Crippen LogP contribution is 2.42. The second-order valence-corrected chi connectivity index (χ2v) is 13.8. The fourth-order valence-electron chi connectivity index (χ4n) is 4.13. The third-order valence-electron chi connectivity index (χ3n) is 6.27. The van der Waals surface area contributed by atoms with E-state index in [0.29, 0.717) is 23.5 Å². The average molecular weight is 590 g/mol. The zero-order chi connectivity index (χ0) is 27.5. The van der Waals surface area contributed by atoms with Gasteiger partial charge in [0.05, 0.1) is 25.6 Å². The van der Waals surface area contributed by atoms with Crippen LogP contribution >= 0.6 is 31.1 Å². The Morgan fingerprint density at radius 2 is 1.55 bits per heavy atom. The number of unbranched alkanes of at least 4 members (excludes halogenated alkanes) is 10. The minimum Gasteiger partial charge on any atom is -0.382 e. The SMILES string of the molecule is CSCCCCCCCCCCCCCSCCCOP(=O)(O)CO[C@H](C)Cn1cnc2c(N)ncnc21. The molecule has 0 amide bonds. The molecule has 2 rings (SSSR count). The van der Waals surface area contributed by atoms with Crippen molar-refractivity contribution in [1.29, 1.82) is 0 Å². The molecular formula is C26H48N5O4PS2. The van der Waals surface area contributed by atoms with Crippen LogP contribution in [-0.4, -0.2) is 67.0 Å². The Morgan fingerprint density at radius 3 is 2.21 bits per heavy atom. The highest BCUT2D eigenvalue weighted by Gasteiger charge is 2.21. The van der Waals surface area contributed by atoms with E-state index in [-0.39, 0.29) is 19.1 Å². The van der Waals surface area contributed by atoms with Gasteiger partial charge < -0.3 is 24.5 Å². The van der Waals surface area contributed by atoms with Crippen LogP contribution in [0.25, 0.3) is 11.2 Å². The monoisotopic (exact) mass is 589 g/mol.